The number of benzene rings is 1. The Balaban J connectivity index is 1.92. The van der Waals surface area contributed by atoms with Gasteiger partial charge in [-0.25, -0.2) is 0 Å². The predicted molar refractivity (Wildman–Crippen MR) is 72.6 cm³/mol. The van der Waals surface area contributed by atoms with Crippen molar-refractivity contribution in [3.05, 3.63) is 29.1 Å². The van der Waals surface area contributed by atoms with Crippen LogP contribution in [0.1, 0.15) is 41.8 Å². The molecule has 1 fully saturated rings. The fraction of sp³-hybridized carbons (Fsp3) is 0.400. The number of rotatable bonds is 0. The van der Waals surface area contributed by atoms with Crippen LogP contribution in [0.2, 0.25) is 0 Å². The minimum atomic E-state index is -0.187. The van der Waals surface area contributed by atoms with Crippen LogP contribution in [-0.4, -0.2) is 11.4 Å². The van der Waals surface area contributed by atoms with Gasteiger partial charge in [-0.3, -0.25) is 4.79 Å². The van der Waals surface area contributed by atoms with Gasteiger partial charge in [-0.15, -0.1) is 11.3 Å². The number of ether oxygens (including phenoxy) is 1. The first-order chi connectivity index (χ1) is 8.77. The molecular weight excluding hydrogens is 244 g/mol. The van der Waals surface area contributed by atoms with E-state index in [1.807, 2.05) is 12.1 Å². The Morgan fingerprint density at radius 2 is 1.94 bits per heavy atom. The summed E-state index contributed by atoms with van der Waals surface area (Å²) in [6.45, 7) is 0. The molecule has 92 valence electrons. The largest absolute Gasteiger partial charge is 0.485 e. The van der Waals surface area contributed by atoms with E-state index in [1.165, 1.54) is 12.8 Å². The maximum Gasteiger partial charge on any atom is 0.180 e. The first-order valence-electron chi connectivity index (χ1n) is 6.51. The molecule has 4 rings (SSSR count). The average molecular weight is 258 g/mol. The summed E-state index contributed by atoms with van der Waals surface area (Å²) in [6.07, 6.45) is 5.01. The number of hydrogen-bond acceptors (Lipinski definition) is 3. The smallest absolute Gasteiger partial charge is 0.180 e. The average Bonchev–Trinajstić information content (AvgIpc) is 2.96. The lowest BCUT2D eigenvalue weighted by Gasteiger charge is -2.33. The molecule has 0 amide bonds. The number of fused-ring (bicyclic) bond motifs is 3. The lowest BCUT2D eigenvalue weighted by atomic mass is 9.91. The van der Waals surface area contributed by atoms with Gasteiger partial charge in [-0.1, -0.05) is 12.1 Å². The van der Waals surface area contributed by atoms with Crippen LogP contribution in [0.5, 0.6) is 5.75 Å². The standard InChI is InChI=1S/C15H14O2S/c16-11-9-15(7-3-4-8-15)17-13-10-5-1-2-6-12(10)18-14(11)13/h1-2,5-6H,3-4,7-9H2. The maximum absolute atomic E-state index is 12.3. The van der Waals surface area contributed by atoms with E-state index >= 15 is 0 Å². The summed E-state index contributed by atoms with van der Waals surface area (Å²) < 4.78 is 7.45. The molecule has 1 aromatic carbocycles. The van der Waals surface area contributed by atoms with Crippen LogP contribution in [0.25, 0.3) is 10.1 Å². The van der Waals surface area contributed by atoms with E-state index in [0.29, 0.717) is 6.42 Å². The Kier molecular flexibility index (Phi) is 2.10. The molecule has 2 heterocycles. The van der Waals surface area contributed by atoms with Gasteiger partial charge >= 0.3 is 0 Å². The number of Topliss-reactive ketones (excluding diaryl/α,β-unsaturated/α-hetero) is 1. The number of ketones is 1. The summed E-state index contributed by atoms with van der Waals surface area (Å²) in [4.78, 5) is 13.2. The predicted octanol–water partition coefficient (Wildman–Crippen LogP) is 4.18. The summed E-state index contributed by atoms with van der Waals surface area (Å²) in [7, 11) is 0. The molecule has 0 radical (unpaired) electrons. The van der Waals surface area contributed by atoms with Crippen molar-refractivity contribution < 1.29 is 9.53 Å². The number of carbonyl (C=O) groups is 1. The molecule has 2 nitrogen and oxygen atoms in total. The zero-order chi connectivity index (χ0) is 12.2. The van der Waals surface area contributed by atoms with Gasteiger partial charge in [0, 0.05) is 10.1 Å². The molecule has 18 heavy (non-hydrogen) atoms. The molecule has 1 spiro atoms. The van der Waals surface area contributed by atoms with Gasteiger partial charge in [0.1, 0.15) is 16.2 Å². The van der Waals surface area contributed by atoms with Crippen LogP contribution in [0.4, 0.5) is 0 Å². The topological polar surface area (TPSA) is 26.3 Å². The fourth-order valence-electron chi connectivity index (χ4n) is 3.23. The Bertz CT molecular complexity index is 635. The molecule has 1 aliphatic heterocycles. The second-order valence-corrected chi connectivity index (χ2v) is 6.40. The summed E-state index contributed by atoms with van der Waals surface area (Å²) in [5.41, 5.74) is -0.187. The molecule has 0 unspecified atom stereocenters. The second-order valence-electron chi connectivity index (χ2n) is 5.35. The van der Waals surface area contributed by atoms with Crippen LogP contribution >= 0.6 is 11.3 Å². The molecule has 1 saturated carbocycles. The summed E-state index contributed by atoms with van der Waals surface area (Å²) >= 11 is 1.58. The van der Waals surface area contributed by atoms with Crippen molar-refractivity contribution in [3.63, 3.8) is 0 Å². The van der Waals surface area contributed by atoms with Crippen molar-refractivity contribution in [2.45, 2.75) is 37.7 Å². The van der Waals surface area contributed by atoms with Gasteiger partial charge in [0.2, 0.25) is 0 Å². The van der Waals surface area contributed by atoms with Gasteiger partial charge in [0.15, 0.2) is 5.78 Å². The zero-order valence-electron chi connectivity index (χ0n) is 10.1. The highest BCUT2D eigenvalue weighted by atomic mass is 32.1. The van der Waals surface area contributed by atoms with E-state index in [-0.39, 0.29) is 11.4 Å². The fourth-order valence-corrected chi connectivity index (χ4v) is 4.30. The van der Waals surface area contributed by atoms with Gasteiger partial charge in [-0.05, 0) is 37.8 Å². The Morgan fingerprint density at radius 1 is 1.17 bits per heavy atom. The SMILES string of the molecule is O=C1CC2(CCCC2)Oc2c1sc1ccccc21. The van der Waals surface area contributed by atoms with Crippen molar-refractivity contribution in [3.8, 4) is 5.75 Å². The summed E-state index contributed by atoms with van der Waals surface area (Å²) in [5.74, 6) is 1.13. The zero-order valence-corrected chi connectivity index (χ0v) is 10.9. The third-order valence-electron chi connectivity index (χ3n) is 4.12. The number of hydrogen-bond donors (Lipinski definition) is 0. The molecule has 0 N–H and O–H groups in total. The van der Waals surface area contributed by atoms with E-state index in [1.54, 1.807) is 11.3 Å². The van der Waals surface area contributed by atoms with Crippen LogP contribution in [0.15, 0.2) is 24.3 Å². The number of thiophene rings is 1. The molecule has 1 aliphatic carbocycles. The molecule has 2 aromatic rings. The minimum absolute atomic E-state index is 0.187. The summed E-state index contributed by atoms with van der Waals surface area (Å²) in [5, 5.41) is 1.11. The van der Waals surface area contributed by atoms with E-state index in [4.69, 9.17) is 4.74 Å². The highest BCUT2D eigenvalue weighted by Gasteiger charge is 2.44. The molecule has 0 atom stereocenters. The van der Waals surface area contributed by atoms with Gasteiger partial charge < -0.3 is 4.74 Å². The second kappa shape index (κ2) is 3.58. The van der Waals surface area contributed by atoms with Crippen molar-refractivity contribution >= 4 is 27.2 Å². The quantitative estimate of drug-likeness (QED) is 0.708. The lowest BCUT2D eigenvalue weighted by Crippen LogP contribution is -2.38. The van der Waals surface area contributed by atoms with Gasteiger partial charge in [0.25, 0.3) is 0 Å². The van der Waals surface area contributed by atoms with Gasteiger partial charge in [-0.2, -0.15) is 0 Å². The molecular formula is C15H14O2S. The van der Waals surface area contributed by atoms with E-state index in [0.717, 1.165) is 33.6 Å². The normalized spacial score (nSPS) is 21.2. The van der Waals surface area contributed by atoms with Crippen molar-refractivity contribution in [1.29, 1.82) is 0 Å². The van der Waals surface area contributed by atoms with Crippen LogP contribution < -0.4 is 4.74 Å². The monoisotopic (exact) mass is 258 g/mol. The van der Waals surface area contributed by atoms with Crippen molar-refractivity contribution in [1.82, 2.24) is 0 Å². The first-order valence-corrected chi connectivity index (χ1v) is 7.33. The molecule has 0 saturated heterocycles. The Hall–Kier alpha value is -1.35. The number of carbonyl (C=O) groups excluding carboxylic acids is 1. The van der Waals surface area contributed by atoms with E-state index in [9.17, 15) is 4.79 Å². The van der Waals surface area contributed by atoms with Crippen LogP contribution in [-0.2, 0) is 0 Å². The Labute approximate surface area is 110 Å². The van der Waals surface area contributed by atoms with E-state index in [2.05, 4.69) is 12.1 Å². The van der Waals surface area contributed by atoms with Crippen molar-refractivity contribution in [2.24, 2.45) is 0 Å². The summed E-state index contributed by atoms with van der Waals surface area (Å²) in [6, 6.07) is 8.15. The lowest BCUT2D eigenvalue weighted by molar-refractivity contribution is 0.0473. The first kappa shape index (κ1) is 10.6. The van der Waals surface area contributed by atoms with Crippen LogP contribution in [0, 0.1) is 0 Å². The van der Waals surface area contributed by atoms with Gasteiger partial charge in [0.05, 0.1) is 6.42 Å². The van der Waals surface area contributed by atoms with Crippen LogP contribution in [0.3, 0.4) is 0 Å². The maximum atomic E-state index is 12.3. The minimum Gasteiger partial charge on any atom is -0.485 e. The molecule has 1 aromatic heterocycles. The Morgan fingerprint density at radius 3 is 2.78 bits per heavy atom. The molecule has 0 bridgehead atoms. The highest BCUT2D eigenvalue weighted by molar-refractivity contribution is 7.21. The molecule has 2 aliphatic rings. The third kappa shape index (κ3) is 1.37. The highest BCUT2D eigenvalue weighted by Crippen LogP contribution is 2.48. The van der Waals surface area contributed by atoms with Crippen molar-refractivity contribution in [2.75, 3.05) is 0 Å². The third-order valence-corrected chi connectivity index (χ3v) is 5.31. The molecule has 3 heteroatoms. The van der Waals surface area contributed by atoms with E-state index < -0.39 is 0 Å².